The van der Waals surface area contributed by atoms with Gasteiger partial charge in [0.25, 0.3) is 10.2 Å². The maximum atomic E-state index is 12.3. The van der Waals surface area contributed by atoms with E-state index in [-0.39, 0.29) is 30.7 Å². The number of methoxy groups -OCH3 is 1. The average Bonchev–Trinajstić information content (AvgIpc) is 3.01. The van der Waals surface area contributed by atoms with E-state index >= 15 is 0 Å². The molecule has 1 fully saturated rings. The molecule has 1 unspecified atom stereocenters. The van der Waals surface area contributed by atoms with E-state index in [0.717, 1.165) is 6.42 Å². The first kappa shape index (κ1) is 17.8. The highest BCUT2D eigenvalue weighted by Gasteiger charge is 2.30. The van der Waals surface area contributed by atoms with Gasteiger partial charge >= 0.3 is 5.97 Å². The third-order valence-electron chi connectivity index (χ3n) is 3.74. The van der Waals surface area contributed by atoms with E-state index in [0.29, 0.717) is 31.8 Å². The summed E-state index contributed by atoms with van der Waals surface area (Å²) in [6.45, 7) is 2.56. The first-order valence-corrected chi connectivity index (χ1v) is 9.01. The summed E-state index contributed by atoms with van der Waals surface area (Å²) in [7, 11) is -2.32. The van der Waals surface area contributed by atoms with Crippen LogP contribution in [-0.4, -0.2) is 49.0 Å². The van der Waals surface area contributed by atoms with Crippen LogP contribution in [0, 0.1) is 5.92 Å². The molecular formula is C13H22N4O5S. The lowest BCUT2D eigenvalue weighted by atomic mass is 9.96. The van der Waals surface area contributed by atoms with E-state index in [2.05, 4.69) is 19.6 Å². The summed E-state index contributed by atoms with van der Waals surface area (Å²) in [5.74, 6) is 0.423. The number of hydrogen-bond donors (Lipinski definition) is 1. The molecule has 0 bridgehead atoms. The molecule has 0 aliphatic carbocycles. The van der Waals surface area contributed by atoms with E-state index in [1.807, 2.05) is 6.92 Å². The minimum atomic E-state index is -3.65. The number of carbonyl (C=O) groups is 1. The zero-order chi connectivity index (χ0) is 16.9. The second-order valence-corrected chi connectivity index (χ2v) is 7.19. The molecule has 1 aromatic heterocycles. The molecule has 9 nitrogen and oxygen atoms in total. The van der Waals surface area contributed by atoms with E-state index < -0.39 is 10.2 Å². The van der Waals surface area contributed by atoms with Gasteiger partial charge in [-0.3, -0.25) is 4.79 Å². The Hall–Kier alpha value is -1.52. The number of piperidine rings is 1. The number of nitrogens with one attached hydrogen (secondary N) is 1. The van der Waals surface area contributed by atoms with Crippen molar-refractivity contribution >= 4 is 16.2 Å². The number of nitrogens with zero attached hydrogens (tertiary/aromatic N) is 3. The Morgan fingerprint density at radius 1 is 1.52 bits per heavy atom. The van der Waals surface area contributed by atoms with Crippen LogP contribution in [0.15, 0.2) is 4.52 Å². The molecule has 10 heteroatoms. The zero-order valence-corrected chi connectivity index (χ0v) is 14.1. The van der Waals surface area contributed by atoms with Gasteiger partial charge in [-0.15, -0.1) is 0 Å². The lowest BCUT2D eigenvalue weighted by Crippen LogP contribution is -2.46. The molecule has 1 N–H and O–H groups in total. The van der Waals surface area contributed by atoms with E-state index in [1.165, 1.54) is 11.4 Å². The van der Waals surface area contributed by atoms with Crippen molar-refractivity contribution in [3.05, 3.63) is 11.7 Å². The monoisotopic (exact) mass is 346 g/mol. The predicted octanol–water partition coefficient (Wildman–Crippen LogP) is 0.242. The second kappa shape index (κ2) is 7.84. The Morgan fingerprint density at radius 3 is 2.96 bits per heavy atom. The summed E-state index contributed by atoms with van der Waals surface area (Å²) in [5.41, 5.74) is 0. The largest absolute Gasteiger partial charge is 0.469 e. The number of ether oxygens (including phenoxy) is 1. The molecule has 0 radical (unpaired) electrons. The molecule has 1 saturated heterocycles. The summed E-state index contributed by atoms with van der Waals surface area (Å²) < 4.78 is 38.1. The van der Waals surface area contributed by atoms with Gasteiger partial charge in [-0.25, -0.2) is 0 Å². The number of carbonyl (C=O) groups excluding carboxylic acids is 1. The van der Waals surface area contributed by atoms with Crippen LogP contribution < -0.4 is 4.72 Å². The summed E-state index contributed by atoms with van der Waals surface area (Å²) >= 11 is 0. The highest BCUT2D eigenvalue weighted by Crippen LogP contribution is 2.21. The van der Waals surface area contributed by atoms with Gasteiger partial charge in [-0.05, 0) is 18.8 Å². The average molecular weight is 346 g/mol. The van der Waals surface area contributed by atoms with Crippen LogP contribution >= 0.6 is 0 Å². The number of aryl methyl sites for hydroxylation is 1. The Balaban J connectivity index is 1.91. The van der Waals surface area contributed by atoms with Crippen molar-refractivity contribution in [3.8, 4) is 0 Å². The minimum absolute atomic E-state index is 0.0251. The molecule has 0 saturated carbocycles. The van der Waals surface area contributed by atoms with Crippen LogP contribution in [-0.2, 0) is 32.7 Å². The summed E-state index contributed by atoms with van der Waals surface area (Å²) in [4.78, 5) is 15.4. The van der Waals surface area contributed by atoms with Crippen molar-refractivity contribution < 1.29 is 22.5 Å². The van der Waals surface area contributed by atoms with Crippen molar-refractivity contribution in [2.75, 3.05) is 20.2 Å². The molecular weight excluding hydrogens is 324 g/mol. The Labute approximate surface area is 135 Å². The Morgan fingerprint density at radius 2 is 2.30 bits per heavy atom. The van der Waals surface area contributed by atoms with Crippen molar-refractivity contribution in [2.24, 2.45) is 5.92 Å². The van der Waals surface area contributed by atoms with Crippen LogP contribution in [0.3, 0.4) is 0 Å². The topological polar surface area (TPSA) is 115 Å². The van der Waals surface area contributed by atoms with Gasteiger partial charge in [0.15, 0.2) is 5.82 Å². The van der Waals surface area contributed by atoms with Gasteiger partial charge < -0.3 is 9.26 Å². The van der Waals surface area contributed by atoms with Crippen LogP contribution in [0.1, 0.15) is 37.9 Å². The zero-order valence-electron chi connectivity index (χ0n) is 13.3. The van der Waals surface area contributed by atoms with Gasteiger partial charge in [-0.1, -0.05) is 12.1 Å². The van der Waals surface area contributed by atoms with Crippen LogP contribution in [0.5, 0.6) is 0 Å². The van der Waals surface area contributed by atoms with Crippen molar-refractivity contribution in [3.63, 3.8) is 0 Å². The summed E-state index contributed by atoms with van der Waals surface area (Å²) in [5, 5.41) is 3.72. The number of aromatic nitrogens is 2. The molecule has 1 atom stereocenters. The first-order valence-electron chi connectivity index (χ1n) is 7.57. The standard InChI is InChI=1S/C13H22N4O5S/c1-3-11-15-12(22-16-11)8-14-23(19,20)17-6-4-5-10(9-17)7-13(18)21-2/h10,14H,3-9H2,1-2H3. The fourth-order valence-electron chi connectivity index (χ4n) is 2.48. The van der Waals surface area contributed by atoms with Crippen molar-refractivity contribution in [1.82, 2.24) is 19.2 Å². The van der Waals surface area contributed by atoms with Crippen molar-refractivity contribution in [1.29, 1.82) is 0 Å². The molecule has 2 heterocycles. The lowest BCUT2D eigenvalue weighted by molar-refractivity contribution is -0.142. The van der Waals surface area contributed by atoms with Gasteiger partial charge in [0.2, 0.25) is 5.89 Å². The lowest BCUT2D eigenvalue weighted by Gasteiger charge is -2.31. The van der Waals surface area contributed by atoms with Gasteiger partial charge in [0, 0.05) is 25.9 Å². The van der Waals surface area contributed by atoms with Crippen LogP contribution in [0.4, 0.5) is 0 Å². The molecule has 1 aromatic rings. The maximum absolute atomic E-state index is 12.3. The van der Waals surface area contributed by atoms with Crippen LogP contribution in [0.2, 0.25) is 0 Å². The summed E-state index contributed by atoms with van der Waals surface area (Å²) in [6, 6.07) is 0. The highest BCUT2D eigenvalue weighted by molar-refractivity contribution is 7.87. The number of rotatable bonds is 7. The molecule has 130 valence electrons. The second-order valence-electron chi connectivity index (χ2n) is 5.43. The molecule has 1 aliphatic heterocycles. The summed E-state index contributed by atoms with van der Waals surface area (Å²) in [6.07, 6.45) is 2.37. The molecule has 2 rings (SSSR count). The van der Waals surface area contributed by atoms with Crippen LogP contribution in [0.25, 0.3) is 0 Å². The van der Waals surface area contributed by atoms with E-state index in [4.69, 9.17) is 4.52 Å². The number of esters is 1. The third kappa shape index (κ3) is 4.98. The van der Waals surface area contributed by atoms with Gasteiger partial charge in [0.05, 0.1) is 13.7 Å². The highest BCUT2D eigenvalue weighted by atomic mass is 32.2. The first-order chi connectivity index (χ1) is 10.9. The fourth-order valence-corrected chi connectivity index (χ4v) is 3.75. The quantitative estimate of drug-likeness (QED) is 0.703. The van der Waals surface area contributed by atoms with Gasteiger partial charge in [-0.2, -0.15) is 22.4 Å². The Kier molecular flexibility index (Phi) is 6.08. The van der Waals surface area contributed by atoms with Gasteiger partial charge in [0.1, 0.15) is 0 Å². The Bertz CT molecular complexity index is 630. The molecule has 23 heavy (non-hydrogen) atoms. The normalized spacial score (nSPS) is 19.7. The number of hydrogen-bond acceptors (Lipinski definition) is 7. The molecule has 1 aliphatic rings. The SMILES string of the molecule is CCc1noc(CNS(=O)(=O)N2CCCC(CC(=O)OC)C2)n1. The smallest absolute Gasteiger partial charge is 0.305 e. The maximum Gasteiger partial charge on any atom is 0.305 e. The molecule has 0 spiro atoms. The van der Waals surface area contributed by atoms with E-state index in [1.54, 1.807) is 0 Å². The fraction of sp³-hybridized carbons (Fsp3) is 0.769. The van der Waals surface area contributed by atoms with Crippen molar-refractivity contribution in [2.45, 2.75) is 39.2 Å². The minimum Gasteiger partial charge on any atom is -0.469 e. The molecule has 0 amide bonds. The predicted molar refractivity (Wildman–Crippen MR) is 80.4 cm³/mol. The third-order valence-corrected chi connectivity index (χ3v) is 5.26. The molecule has 0 aromatic carbocycles. The van der Waals surface area contributed by atoms with E-state index in [9.17, 15) is 13.2 Å².